The molecule has 0 aromatic carbocycles. The molecule has 0 aliphatic carbocycles. The van der Waals surface area contributed by atoms with Crippen molar-refractivity contribution in [3.8, 4) is 0 Å². The standard InChI is InChI=1S/C18H18N6O2/c25-18(9-6-14-4-3-13-26-14)21-12-11-20-16-7-8-17(24-23-16)22-15-5-1-2-10-19-15/h1-10,13H,11-12H2,(H,20,23)(H,21,25)(H,19,22,24)/b9-6+. The van der Waals surface area contributed by atoms with Crippen LogP contribution >= 0.6 is 0 Å². The fourth-order valence-corrected chi connectivity index (χ4v) is 2.04. The first-order chi connectivity index (χ1) is 12.8. The number of hydrogen-bond donors (Lipinski definition) is 3. The highest BCUT2D eigenvalue weighted by Crippen LogP contribution is 2.11. The Morgan fingerprint density at radius 2 is 1.88 bits per heavy atom. The number of pyridine rings is 1. The molecule has 3 aromatic heterocycles. The summed E-state index contributed by atoms with van der Waals surface area (Å²) in [6.45, 7) is 0.985. The number of rotatable bonds is 8. The summed E-state index contributed by atoms with van der Waals surface area (Å²) < 4.78 is 5.11. The molecule has 0 bridgehead atoms. The van der Waals surface area contributed by atoms with Gasteiger partial charge in [-0.05, 0) is 42.5 Å². The molecule has 132 valence electrons. The SMILES string of the molecule is O=C(/C=C/c1ccco1)NCCNc1ccc(Nc2ccccn2)nn1. The van der Waals surface area contributed by atoms with Crippen molar-refractivity contribution in [1.29, 1.82) is 0 Å². The molecule has 0 aliphatic heterocycles. The van der Waals surface area contributed by atoms with E-state index in [-0.39, 0.29) is 5.91 Å². The van der Waals surface area contributed by atoms with Crippen LogP contribution in [0.25, 0.3) is 6.08 Å². The number of nitrogens with zero attached hydrogens (tertiary/aromatic N) is 3. The van der Waals surface area contributed by atoms with Gasteiger partial charge in [0.15, 0.2) is 5.82 Å². The van der Waals surface area contributed by atoms with Crippen LogP contribution < -0.4 is 16.0 Å². The molecule has 1 amide bonds. The summed E-state index contributed by atoms with van der Waals surface area (Å²) in [7, 11) is 0. The minimum absolute atomic E-state index is 0.191. The van der Waals surface area contributed by atoms with Gasteiger partial charge in [0.1, 0.15) is 17.4 Å². The Hall–Kier alpha value is -3.68. The molecule has 0 unspecified atom stereocenters. The topological polar surface area (TPSA) is 105 Å². The van der Waals surface area contributed by atoms with Gasteiger partial charge in [0.05, 0.1) is 6.26 Å². The zero-order valence-corrected chi connectivity index (χ0v) is 13.9. The minimum Gasteiger partial charge on any atom is -0.465 e. The summed E-state index contributed by atoms with van der Waals surface area (Å²) in [6.07, 6.45) is 6.29. The summed E-state index contributed by atoms with van der Waals surface area (Å²) in [5, 5.41) is 17.0. The van der Waals surface area contributed by atoms with E-state index in [1.807, 2.05) is 18.2 Å². The second-order valence-corrected chi connectivity index (χ2v) is 5.21. The molecule has 0 atom stereocenters. The molecule has 3 heterocycles. The predicted molar refractivity (Wildman–Crippen MR) is 98.8 cm³/mol. The van der Waals surface area contributed by atoms with Crippen molar-refractivity contribution in [2.45, 2.75) is 0 Å². The van der Waals surface area contributed by atoms with Crippen molar-refractivity contribution >= 4 is 29.4 Å². The summed E-state index contributed by atoms with van der Waals surface area (Å²) >= 11 is 0. The van der Waals surface area contributed by atoms with Gasteiger partial charge in [-0.3, -0.25) is 4.79 Å². The Bertz CT molecular complexity index is 832. The van der Waals surface area contributed by atoms with Crippen LogP contribution in [0.2, 0.25) is 0 Å². The van der Waals surface area contributed by atoms with Gasteiger partial charge in [-0.25, -0.2) is 4.98 Å². The lowest BCUT2D eigenvalue weighted by Gasteiger charge is -2.07. The molecule has 26 heavy (non-hydrogen) atoms. The van der Waals surface area contributed by atoms with Gasteiger partial charge < -0.3 is 20.4 Å². The quantitative estimate of drug-likeness (QED) is 0.423. The maximum atomic E-state index is 11.7. The average Bonchev–Trinajstić information content (AvgIpc) is 3.19. The van der Waals surface area contributed by atoms with E-state index in [1.54, 1.807) is 42.8 Å². The van der Waals surface area contributed by atoms with E-state index in [1.165, 1.54) is 6.08 Å². The van der Waals surface area contributed by atoms with Crippen molar-refractivity contribution in [2.24, 2.45) is 0 Å². The van der Waals surface area contributed by atoms with Crippen LogP contribution in [-0.2, 0) is 4.79 Å². The zero-order valence-electron chi connectivity index (χ0n) is 13.9. The Labute approximate surface area is 150 Å². The molecular formula is C18H18N6O2. The van der Waals surface area contributed by atoms with E-state index in [4.69, 9.17) is 4.42 Å². The number of hydrogen-bond acceptors (Lipinski definition) is 7. The van der Waals surface area contributed by atoms with E-state index in [0.29, 0.717) is 36.3 Å². The first-order valence-corrected chi connectivity index (χ1v) is 8.05. The Kier molecular flexibility index (Phi) is 5.92. The zero-order chi connectivity index (χ0) is 18.0. The van der Waals surface area contributed by atoms with Crippen LogP contribution in [0.3, 0.4) is 0 Å². The smallest absolute Gasteiger partial charge is 0.244 e. The van der Waals surface area contributed by atoms with Crippen molar-refractivity contribution in [3.05, 3.63) is 66.8 Å². The van der Waals surface area contributed by atoms with Crippen molar-refractivity contribution in [3.63, 3.8) is 0 Å². The predicted octanol–water partition coefficient (Wildman–Crippen LogP) is 2.45. The first-order valence-electron chi connectivity index (χ1n) is 8.05. The summed E-state index contributed by atoms with van der Waals surface area (Å²) in [5.41, 5.74) is 0. The van der Waals surface area contributed by atoms with Crippen LogP contribution in [0, 0.1) is 0 Å². The van der Waals surface area contributed by atoms with Crippen LogP contribution in [0.1, 0.15) is 5.76 Å². The molecule has 0 saturated carbocycles. The van der Waals surface area contributed by atoms with E-state index in [9.17, 15) is 4.79 Å². The molecule has 8 heteroatoms. The average molecular weight is 350 g/mol. The fraction of sp³-hybridized carbons (Fsp3) is 0.111. The Morgan fingerprint density at radius 3 is 2.62 bits per heavy atom. The Balaban J connectivity index is 1.37. The number of nitrogens with one attached hydrogen (secondary N) is 3. The number of furan rings is 1. The van der Waals surface area contributed by atoms with E-state index in [2.05, 4.69) is 31.1 Å². The third-order valence-electron chi connectivity index (χ3n) is 3.26. The minimum atomic E-state index is -0.191. The molecule has 0 aliphatic rings. The first kappa shape index (κ1) is 17.2. The maximum absolute atomic E-state index is 11.7. The molecule has 3 aromatic rings. The van der Waals surface area contributed by atoms with Crippen molar-refractivity contribution in [1.82, 2.24) is 20.5 Å². The highest BCUT2D eigenvalue weighted by atomic mass is 16.3. The summed E-state index contributed by atoms with van der Waals surface area (Å²) in [6, 6.07) is 12.7. The van der Waals surface area contributed by atoms with Gasteiger partial charge in [-0.2, -0.15) is 0 Å². The maximum Gasteiger partial charge on any atom is 0.244 e. The summed E-state index contributed by atoms with van der Waals surface area (Å²) in [5.74, 6) is 2.37. The second-order valence-electron chi connectivity index (χ2n) is 5.21. The van der Waals surface area contributed by atoms with Crippen LogP contribution in [0.5, 0.6) is 0 Å². The van der Waals surface area contributed by atoms with E-state index in [0.717, 1.165) is 0 Å². The molecule has 0 spiro atoms. The highest BCUT2D eigenvalue weighted by Gasteiger charge is 2.00. The summed E-state index contributed by atoms with van der Waals surface area (Å²) in [4.78, 5) is 15.8. The largest absolute Gasteiger partial charge is 0.465 e. The van der Waals surface area contributed by atoms with Crippen LogP contribution in [-0.4, -0.2) is 34.2 Å². The number of carbonyl (C=O) groups is 1. The lowest BCUT2D eigenvalue weighted by Crippen LogP contribution is -2.27. The number of aromatic nitrogens is 3. The molecule has 3 N–H and O–H groups in total. The third kappa shape index (κ3) is 5.45. The fourth-order valence-electron chi connectivity index (χ4n) is 2.04. The van der Waals surface area contributed by atoms with Crippen LogP contribution in [0.4, 0.5) is 17.5 Å². The van der Waals surface area contributed by atoms with Gasteiger partial charge in [-0.1, -0.05) is 6.07 Å². The molecule has 3 rings (SSSR count). The van der Waals surface area contributed by atoms with E-state index < -0.39 is 0 Å². The monoisotopic (exact) mass is 350 g/mol. The van der Waals surface area contributed by atoms with E-state index >= 15 is 0 Å². The molecule has 0 saturated heterocycles. The molecule has 8 nitrogen and oxygen atoms in total. The third-order valence-corrected chi connectivity index (χ3v) is 3.26. The van der Waals surface area contributed by atoms with Crippen molar-refractivity contribution < 1.29 is 9.21 Å². The number of amides is 1. The highest BCUT2D eigenvalue weighted by molar-refractivity contribution is 5.91. The van der Waals surface area contributed by atoms with Crippen molar-refractivity contribution in [2.75, 3.05) is 23.7 Å². The van der Waals surface area contributed by atoms with Gasteiger partial charge in [0.25, 0.3) is 0 Å². The van der Waals surface area contributed by atoms with Gasteiger partial charge in [0, 0.05) is 25.4 Å². The number of anilines is 3. The lowest BCUT2D eigenvalue weighted by atomic mass is 10.4. The normalized spacial score (nSPS) is 10.6. The molecular weight excluding hydrogens is 332 g/mol. The van der Waals surface area contributed by atoms with Crippen LogP contribution in [0.15, 0.2) is 65.4 Å². The molecule has 0 radical (unpaired) electrons. The second kappa shape index (κ2) is 8.97. The lowest BCUT2D eigenvalue weighted by molar-refractivity contribution is -0.116. The van der Waals surface area contributed by atoms with Gasteiger partial charge in [0.2, 0.25) is 5.91 Å². The number of carbonyl (C=O) groups excluding carboxylic acids is 1. The van der Waals surface area contributed by atoms with Gasteiger partial charge in [-0.15, -0.1) is 10.2 Å². The Morgan fingerprint density at radius 1 is 1.00 bits per heavy atom. The van der Waals surface area contributed by atoms with Gasteiger partial charge >= 0.3 is 0 Å². The molecule has 0 fully saturated rings.